The lowest BCUT2D eigenvalue weighted by atomic mass is 9.79. The molecule has 0 bridgehead atoms. The van der Waals surface area contributed by atoms with E-state index in [-0.39, 0.29) is 12.3 Å². The number of aromatic nitrogens is 3. The molecule has 158 valence electrons. The molecule has 1 aliphatic carbocycles. The van der Waals surface area contributed by atoms with Crippen LogP contribution in [0.5, 0.6) is 11.5 Å². The average molecular weight is 421 g/mol. The van der Waals surface area contributed by atoms with Crippen molar-refractivity contribution in [3.63, 3.8) is 0 Å². The lowest BCUT2D eigenvalue weighted by molar-refractivity contribution is 0.0831. The van der Waals surface area contributed by atoms with Crippen LogP contribution in [0.3, 0.4) is 0 Å². The molecule has 1 fully saturated rings. The largest absolute Gasteiger partial charge is 0.508 e. The number of benzene rings is 2. The predicted octanol–water partition coefficient (Wildman–Crippen LogP) is 2.88. The molecule has 1 spiro atoms. The molecule has 8 heteroatoms. The van der Waals surface area contributed by atoms with Gasteiger partial charge < -0.3 is 9.84 Å². The minimum absolute atomic E-state index is 0.0868. The third kappa shape index (κ3) is 2.44. The highest BCUT2D eigenvalue weighted by molar-refractivity contribution is 5.51. The second-order valence-corrected chi connectivity index (χ2v) is 8.39. The van der Waals surface area contributed by atoms with Crippen LogP contribution in [0, 0.1) is 5.82 Å². The number of allylic oxidation sites excluding steroid dienone is 1. The van der Waals surface area contributed by atoms with Crippen molar-refractivity contribution in [1.29, 1.82) is 0 Å². The number of halogens is 1. The summed E-state index contributed by atoms with van der Waals surface area (Å²) in [6.07, 6.45) is 5.67. The van der Waals surface area contributed by atoms with E-state index in [9.17, 15) is 19.1 Å². The van der Waals surface area contributed by atoms with Gasteiger partial charge in [0.2, 0.25) is 0 Å². The Morgan fingerprint density at radius 2 is 1.77 bits per heavy atom. The molecular weight excluding hydrogens is 401 g/mol. The first kappa shape index (κ1) is 18.2. The molecule has 1 N–H and O–H groups in total. The van der Waals surface area contributed by atoms with Crippen LogP contribution >= 0.6 is 0 Å². The van der Waals surface area contributed by atoms with Gasteiger partial charge in [0.1, 0.15) is 29.0 Å². The quantitative estimate of drug-likeness (QED) is 0.613. The smallest absolute Gasteiger partial charge is 0.352 e. The van der Waals surface area contributed by atoms with Crippen molar-refractivity contribution in [2.75, 3.05) is 0 Å². The van der Waals surface area contributed by atoms with Crippen LogP contribution in [0.15, 0.2) is 63.7 Å². The van der Waals surface area contributed by atoms with Gasteiger partial charge in [0, 0.05) is 17.2 Å². The molecule has 0 saturated heterocycles. The minimum atomic E-state index is -0.538. The van der Waals surface area contributed by atoms with Crippen molar-refractivity contribution < 1.29 is 14.2 Å². The Hall–Kier alpha value is -3.55. The molecule has 7 nitrogen and oxygen atoms in total. The van der Waals surface area contributed by atoms with Gasteiger partial charge in [-0.25, -0.2) is 27.9 Å². The number of phenols is 1. The zero-order valence-electron chi connectivity index (χ0n) is 16.6. The van der Waals surface area contributed by atoms with Gasteiger partial charge in [-0.3, -0.25) is 0 Å². The van der Waals surface area contributed by atoms with Crippen LogP contribution in [-0.4, -0.2) is 24.6 Å². The van der Waals surface area contributed by atoms with Crippen molar-refractivity contribution in [3.8, 4) is 17.2 Å². The Morgan fingerprint density at radius 3 is 2.52 bits per heavy atom. The number of hydrogen-bond acceptors (Lipinski definition) is 4. The predicted molar refractivity (Wildman–Crippen MR) is 110 cm³/mol. The van der Waals surface area contributed by atoms with Gasteiger partial charge in [0.05, 0.1) is 12.2 Å². The first-order valence-electron chi connectivity index (χ1n) is 10.4. The molecule has 1 aromatic heterocycles. The molecular formula is C23H20FN3O4. The monoisotopic (exact) mass is 421 g/mol. The van der Waals surface area contributed by atoms with E-state index in [1.165, 1.54) is 33.6 Å². The maximum absolute atomic E-state index is 13.5. The van der Waals surface area contributed by atoms with Gasteiger partial charge in [-0.15, -0.1) is 0 Å². The molecule has 0 radical (unpaired) electrons. The standard InChI is InChI=1S/C23H20FN3O4/c24-14-3-5-15(6-4-14)26-21(29)25-12-9-18-20(27(25)22(26)30)17-8-7-16(28)13-19(17)31-23(18)10-1-2-11-23/h3-9,13,20,28H,1-2,10-12H2. The lowest BCUT2D eigenvalue weighted by Gasteiger charge is -2.44. The average Bonchev–Trinajstić information content (AvgIpc) is 3.32. The van der Waals surface area contributed by atoms with E-state index in [0.29, 0.717) is 11.4 Å². The van der Waals surface area contributed by atoms with Crippen LogP contribution in [0.25, 0.3) is 5.69 Å². The van der Waals surface area contributed by atoms with Gasteiger partial charge in [0.25, 0.3) is 0 Å². The zero-order valence-corrected chi connectivity index (χ0v) is 16.6. The topological polar surface area (TPSA) is 78.4 Å². The van der Waals surface area contributed by atoms with Crippen LogP contribution in [0.2, 0.25) is 0 Å². The normalized spacial score (nSPS) is 20.5. The van der Waals surface area contributed by atoms with Crippen LogP contribution in [0.4, 0.5) is 4.39 Å². The molecule has 3 heterocycles. The first-order chi connectivity index (χ1) is 15.0. The Morgan fingerprint density at radius 1 is 1.03 bits per heavy atom. The van der Waals surface area contributed by atoms with E-state index in [1.807, 2.05) is 6.08 Å². The van der Waals surface area contributed by atoms with Gasteiger partial charge in [-0.05, 0) is 62.1 Å². The Balaban J connectivity index is 1.61. The number of fused-ring (bicyclic) bond motifs is 6. The number of hydrogen-bond donors (Lipinski definition) is 1. The fourth-order valence-electron chi connectivity index (χ4n) is 5.33. The summed E-state index contributed by atoms with van der Waals surface area (Å²) >= 11 is 0. The SMILES string of the molecule is O=c1n(-c2ccc(F)cc2)c(=O)n2n1CC=C1C2c2ccc(O)cc2OC12CCCC2. The molecule has 0 amide bonds. The summed E-state index contributed by atoms with van der Waals surface area (Å²) in [6.45, 7) is 0.257. The van der Waals surface area contributed by atoms with E-state index >= 15 is 0 Å². The van der Waals surface area contributed by atoms with Crippen molar-refractivity contribution in [2.24, 2.45) is 0 Å². The molecule has 1 atom stereocenters. The molecule has 2 aliphatic heterocycles. The molecule has 6 rings (SSSR count). The molecule has 31 heavy (non-hydrogen) atoms. The molecule has 1 unspecified atom stereocenters. The molecule has 2 aromatic carbocycles. The number of nitrogens with zero attached hydrogens (tertiary/aromatic N) is 3. The highest BCUT2D eigenvalue weighted by Crippen LogP contribution is 2.52. The summed E-state index contributed by atoms with van der Waals surface area (Å²) in [5.74, 6) is 0.182. The summed E-state index contributed by atoms with van der Waals surface area (Å²) in [7, 11) is 0. The van der Waals surface area contributed by atoms with E-state index in [0.717, 1.165) is 41.4 Å². The summed E-state index contributed by atoms with van der Waals surface area (Å²) in [5, 5.41) is 10.0. The fraction of sp³-hybridized carbons (Fsp3) is 0.304. The van der Waals surface area contributed by atoms with Crippen LogP contribution in [-0.2, 0) is 6.54 Å². The third-order valence-corrected chi connectivity index (χ3v) is 6.70. The number of aromatic hydroxyl groups is 1. The Kier molecular flexibility index (Phi) is 3.66. The van der Waals surface area contributed by atoms with Crippen LogP contribution in [0.1, 0.15) is 37.3 Å². The van der Waals surface area contributed by atoms with Crippen molar-refractivity contribution in [2.45, 2.75) is 43.9 Å². The van der Waals surface area contributed by atoms with E-state index in [4.69, 9.17) is 4.74 Å². The Bertz CT molecular complexity index is 1360. The summed E-state index contributed by atoms with van der Waals surface area (Å²) < 4.78 is 23.8. The van der Waals surface area contributed by atoms with E-state index in [2.05, 4.69) is 0 Å². The minimum Gasteiger partial charge on any atom is -0.508 e. The molecule has 3 aromatic rings. The highest BCUT2D eigenvalue weighted by atomic mass is 19.1. The second kappa shape index (κ2) is 6.23. The fourth-order valence-corrected chi connectivity index (χ4v) is 5.33. The summed E-state index contributed by atoms with van der Waals surface area (Å²) in [4.78, 5) is 26.7. The zero-order chi connectivity index (χ0) is 21.3. The molecule has 3 aliphatic rings. The lowest BCUT2D eigenvalue weighted by Crippen LogP contribution is -2.48. The maximum Gasteiger partial charge on any atom is 0.352 e. The first-order valence-corrected chi connectivity index (χ1v) is 10.4. The number of rotatable bonds is 1. The van der Waals surface area contributed by atoms with Gasteiger partial charge in [-0.1, -0.05) is 6.08 Å². The van der Waals surface area contributed by atoms with Gasteiger partial charge in [-0.2, -0.15) is 0 Å². The van der Waals surface area contributed by atoms with Crippen molar-refractivity contribution in [3.05, 3.63) is 86.5 Å². The van der Waals surface area contributed by atoms with Gasteiger partial charge in [0.15, 0.2) is 0 Å². The highest BCUT2D eigenvalue weighted by Gasteiger charge is 2.50. The Labute approximate surface area is 176 Å². The van der Waals surface area contributed by atoms with E-state index < -0.39 is 28.8 Å². The van der Waals surface area contributed by atoms with Crippen molar-refractivity contribution >= 4 is 0 Å². The number of phenolic OH excluding ortho intramolecular Hbond substituents is 1. The van der Waals surface area contributed by atoms with Crippen molar-refractivity contribution in [1.82, 2.24) is 13.9 Å². The molecule has 1 saturated carbocycles. The van der Waals surface area contributed by atoms with Gasteiger partial charge >= 0.3 is 11.4 Å². The van der Waals surface area contributed by atoms with E-state index in [1.54, 1.807) is 18.2 Å². The maximum atomic E-state index is 13.5. The van der Waals surface area contributed by atoms with Crippen LogP contribution < -0.4 is 16.1 Å². The second-order valence-electron chi connectivity index (χ2n) is 8.39. The number of ether oxygens (including phenoxy) is 1. The summed E-state index contributed by atoms with van der Waals surface area (Å²) in [5.41, 5.74) is 0.542. The third-order valence-electron chi connectivity index (χ3n) is 6.70. The summed E-state index contributed by atoms with van der Waals surface area (Å²) in [6, 6.07) is 9.68.